The molecule has 0 radical (unpaired) electrons. The largest absolute Gasteiger partial charge is 0.0622 e. The number of benzene rings is 10. The van der Waals surface area contributed by atoms with Crippen LogP contribution in [0.1, 0.15) is 11.1 Å². The molecule has 11 rings (SSSR count). The lowest BCUT2D eigenvalue weighted by Gasteiger charge is -2.13. The third-order valence-corrected chi connectivity index (χ3v) is 11.7. The van der Waals surface area contributed by atoms with Crippen LogP contribution in [0.15, 0.2) is 206 Å². The molecule has 0 bridgehead atoms. The van der Waals surface area contributed by atoms with Crippen LogP contribution in [-0.2, 0) is 6.42 Å². The molecule has 1 aliphatic carbocycles. The van der Waals surface area contributed by atoms with Crippen LogP contribution < -0.4 is 0 Å². The van der Waals surface area contributed by atoms with Gasteiger partial charge in [0, 0.05) is 0 Å². The van der Waals surface area contributed by atoms with Crippen molar-refractivity contribution in [2.75, 3.05) is 0 Å². The summed E-state index contributed by atoms with van der Waals surface area (Å²) in [6.45, 7) is 0. The second kappa shape index (κ2) is 12.8. The van der Waals surface area contributed by atoms with Gasteiger partial charge in [0.15, 0.2) is 0 Å². The van der Waals surface area contributed by atoms with E-state index in [9.17, 15) is 0 Å². The van der Waals surface area contributed by atoms with E-state index in [4.69, 9.17) is 0 Å². The zero-order chi connectivity index (χ0) is 36.3. The molecule has 1 aliphatic rings. The molecule has 0 aromatic heterocycles. The van der Waals surface area contributed by atoms with Gasteiger partial charge in [0.1, 0.15) is 0 Å². The van der Waals surface area contributed by atoms with Crippen LogP contribution in [-0.4, -0.2) is 0 Å². The van der Waals surface area contributed by atoms with Crippen molar-refractivity contribution in [2.24, 2.45) is 0 Å². The van der Waals surface area contributed by atoms with Crippen molar-refractivity contribution in [3.63, 3.8) is 0 Å². The Bertz CT molecular complexity index is 3060. The molecule has 0 saturated heterocycles. The summed E-state index contributed by atoms with van der Waals surface area (Å²) in [6.07, 6.45) is 0.971. The normalized spacial score (nSPS) is 11.9. The van der Waals surface area contributed by atoms with E-state index in [1.165, 1.54) is 110 Å². The summed E-state index contributed by atoms with van der Waals surface area (Å²) in [5.74, 6) is 0. The fourth-order valence-corrected chi connectivity index (χ4v) is 8.86. The van der Waals surface area contributed by atoms with Crippen molar-refractivity contribution in [2.45, 2.75) is 6.42 Å². The van der Waals surface area contributed by atoms with E-state index in [0.29, 0.717) is 0 Å². The number of hydrogen-bond acceptors (Lipinski definition) is 0. The Hall–Kier alpha value is -7.02. The molecule has 0 fully saturated rings. The van der Waals surface area contributed by atoms with Crippen molar-refractivity contribution in [3.05, 3.63) is 217 Å². The zero-order valence-electron chi connectivity index (χ0n) is 30.3. The molecule has 0 heterocycles. The van der Waals surface area contributed by atoms with Crippen molar-refractivity contribution < 1.29 is 0 Å². The molecule has 0 saturated carbocycles. The quantitative estimate of drug-likeness (QED) is 0.157. The summed E-state index contributed by atoms with van der Waals surface area (Å²) in [4.78, 5) is 0. The number of rotatable bonds is 5. The topological polar surface area (TPSA) is 0 Å². The molecule has 10 aromatic rings. The third-order valence-electron chi connectivity index (χ3n) is 11.7. The fraction of sp³-hybridized carbons (Fsp3) is 0.0182. The Morgan fingerprint density at radius 2 is 0.527 bits per heavy atom. The predicted molar refractivity (Wildman–Crippen MR) is 234 cm³/mol. The Labute approximate surface area is 321 Å². The maximum absolute atomic E-state index is 2.41. The first-order chi connectivity index (χ1) is 27.2. The molecule has 0 nitrogen and oxygen atoms in total. The summed E-state index contributed by atoms with van der Waals surface area (Å²) in [5, 5.41) is 7.82. The van der Waals surface area contributed by atoms with Crippen molar-refractivity contribution in [3.8, 4) is 66.8 Å². The molecule has 0 atom stereocenters. The van der Waals surface area contributed by atoms with Crippen molar-refractivity contribution in [1.29, 1.82) is 0 Å². The summed E-state index contributed by atoms with van der Waals surface area (Å²) in [5.41, 5.74) is 17.9. The molecule has 0 amide bonds. The first-order valence-corrected chi connectivity index (χ1v) is 19.2. The SMILES string of the molecule is c1ccc(-c2ccc(-c3cccc(-c4ccc5c(c4)-c4cc(-c6cccc(-c7ccc8c9ccccc9c9ccccc9c8c7)c6)ccc4C5)c3)cc2)cc1. The number of fused-ring (bicyclic) bond motifs is 9. The van der Waals surface area contributed by atoms with Gasteiger partial charge in [-0.3, -0.25) is 0 Å². The molecule has 0 unspecified atom stereocenters. The second-order valence-electron chi connectivity index (χ2n) is 14.9. The van der Waals surface area contributed by atoms with E-state index in [2.05, 4.69) is 206 Å². The van der Waals surface area contributed by atoms with Crippen molar-refractivity contribution >= 4 is 32.3 Å². The molecular formula is C55H36. The summed E-state index contributed by atoms with van der Waals surface area (Å²) in [6, 6.07) is 76.2. The lowest BCUT2D eigenvalue weighted by atomic mass is 9.91. The van der Waals surface area contributed by atoms with Crippen LogP contribution in [0.3, 0.4) is 0 Å². The Morgan fingerprint density at radius 1 is 0.200 bits per heavy atom. The Balaban J connectivity index is 0.925. The average molecular weight is 697 g/mol. The fourth-order valence-electron chi connectivity index (χ4n) is 8.86. The first-order valence-electron chi connectivity index (χ1n) is 19.2. The van der Waals surface area contributed by atoms with Gasteiger partial charge in [-0.1, -0.05) is 176 Å². The smallest absolute Gasteiger partial charge is 0.00134 e. The van der Waals surface area contributed by atoms with Crippen LogP contribution >= 0.6 is 0 Å². The summed E-state index contributed by atoms with van der Waals surface area (Å²) in [7, 11) is 0. The lowest BCUT2D eigenvalue weighted by molar-refractivity contribution is 1.26. The lowest BCUT2D eigenvalue weighted by Crippen LogP contribution is -1.87. The molecule has 256 valence electrons. The van der Waals surface area contributed by atoms with Gasteiger partial charge in [-0.05, 0) is 147 Å². The minimum atomic E-state index is 0.971. The molecule has 10 aromatic carbocycles. The van der Waals surface area contributed by atoms with Gasteiger partial charge in [-0.15, -0.1) is 0 Å². The first kappa shape index (κ1) is 31.5. The standard InChI is InChI=1S/C55H36/c1-2-10-36(11-3-1)37-20-22-38(23-21-37)39-12-8-13-40(30-39)43-24-26-46-32-47-27-25-44(34-54(47)53(46)33-43)41-14-9-15-42(31-41)45-28-29-52-50-18-5-4-16-48(50)49-17-6-7-19-51(49)55(52)35-45/h1-31,33-35H,32H2. The average Bonchev–Trinajstić information content (AvgIpc) is 3.64. The van der Waals surface area contributed by atoms with E-state index in [1.807, 2.05) is 0 Å². The van der Waals surface area contributed by atoms with Crippen LogP contribution in [0, 0.1) is 0 Å². The van der Waals surface area contributed by atoms with Crippen molar-refractivity contribution in [1.82, 2.24) is 0 Å². The van der Waals surface area contributed by atoms with Gasteiger partial charge in [-0.2, -0.15) is 0 Å². The van der Waals surface area contributed by atoms with Gasteiger partial charge in [0.05, 0.1) is 0 Å². The molecular weight excluding hydrogens is 661 g/mol. The summed E-state index contributed by atoms with van der Waals surface area (Å²) >= 11 is 0. The van der Waals surface area contributed by atoms with Gasteiger partial charge in [0.2, 0.25) is 0 Å². The molecule has 55 heavy (non-hydrogen) atoms. The highest BCUT2D eigenvalue weighted by molar-refractivity contribution is 6.25. The van der Waals surface area contributed by atoms with Gasteiger partial charge >= 0.3 is 0 Å². The Kier molecular flexibility index (Phi) is 7.35. The second-order valence-corrected chi connectivity index (χ2v) is 14.9. The molecule has 0 N–H and O–H groups in total. The van der Waals surface area contributed by atoms with Gasteiger partial charge in [0.25, 0.3) is 0 Å². The summed E-state index contributed by atoms with van der Waals surface area (Å²) < 4.78 is 0. The van der Waals surface area contributed by atoms with Crippen LogP contribution in [0.4, 0.5) is 0 Å². The maximum Gasteiger partial charge on any atom is -0.00134 e. The van der Waals surface area contributed by atoms with Crippen LogP contribution in [0.25, 0.3) is 99.1 Å². The minimum absolute atomic E-state index is 0.971. The highest BCUT2D eigenvalue weighted by atomic mass is 14.2. The van der Waals surface area contributed by atoms with Crippen LogP contribution in [0.2, 0.25) is 0 Å². The Morgan fingerprint density at radius 3 is 1.05 bits per heavy atom. The molecule has 0 heteroatoms. The monoisotopic (exact) mass is 696 g/mol. The zero-order valence-corrected chi connectivity index (χ0v) is 30.3. The molecule has 0 aliphatic heterocycles. The van der Waals surface area contributed by atoms with Crippen LogP contribution in [0.5, 0.6) is 0 Å². The highest BCUT2D eigenvalue weighted by Gasteiger charge is 2.20. The minimum Gasteiger partial charge on any atom is -0.0622 e. The van der Waals surface area contributed by atoms with E-state index < -0.39 is 0 Å². The van der Waals surface area contributed by atoms with Gasteiger partial charge in [-0.25, -0.2) is 0 Å². The predicted octanol–water partition coefficient (Wildman–Crippen LogP) is 15.1. The maximum atomic E-state index is 2.41. The van der Waals surface area contributed by atoms with E-state index in [0.717, 1.165) is 6.42 Å². The number of hydrogen-bond donors (Lipinski definition) is 0. The van der Waals surface area contributed by atoms with Gasteiger partial charge < -0.3 is 0 Å². The third kappa shape index (κ3) is 5.46. The van der Waals surface area contributed by atoms with E-state index in [-0.39, 0.29) is 0 Å². The van der Waals surface area contributed by atoms with E-state index >= 15 is 0 Å². The molecule has 0 spiro atoms. The highest BCUT2D eigenvalue weighted by Crippen LogP contribution is 2.42. The van der Waals surface area contributed by atoms with E-state index in [1.54, 1.807) is 0 Å².